The Hall–Kier alpha value is -3.11. The van der Waals surface area contributed by atoms with Gasteiger partial charge in [0.2, 0.25) is 0 Å². The molecule has 0 fully saturated rings. The molecule has 3 rings (SSSR count). The first-order valence-corrected chi connectivity index (χ1v) is 10.3. The van der Waals surface area contributed by atoms with Crippen LogP contribution in [0.3, 0.4) is 0 Å². The zero-order valence-corrected chi connectivity index (χ0v) is 17.2. The molecule has 1 aromatic carbocycles. The van der Waals surface area contributed by atoms with Crippen LogP contribution in [0.1, 0.15) is 46.1 Å². The molecule has 0 radical (unpaired) electrons. The summed E-state index contributed by atoms with van der Waals surface area (Å²) in [6.45, 7) is 2.01. The van der Waals surface area contributed by atoms with Gasteiger partial charge in [0.25, 0.3) is 5.91 Å². The summed E-state index contributed by atoms with van der Waals surface area (Å²) >= 11 is 1.40. The minimum absolute atomic E-state index is 0.0450. The monoisotopic (exact) mass is 410 g/mol. The minimum Gasteiger partial charge on any atom is -0.497 e. The van der Waals surface area contributed by atoms with Crippen LogP contribution >= 0.6 is 11.3 Å². The number of esters is 1. The van der Waals surface area contributed by atoms with Crippen LogP contribution in [-0.4, -0.2) is 25.6 Å². The molecule has 0 atom stereocenters. The number of hydrogen-bond acceptors (Lipinski definition) is 6. The summed E-state index contributed by atoms with van der Waals surface area (Å²) in [5.74, 6) is -0.291. The zero-order valence-electron chi connectivity index (χ0n) is 16.4. The molecule has 29 heavy (non-hydrogen) atoms. The van der Waals surface area contributed by atoms with Crippen LogP contribution in [0, 0.1) is 11.3 Å². The molecule has 0 saturated heterocycles. The van der Waals surface area contributed by atoms with E-state index in [1.54, 1.807) is 38.3 Å². The lowest BCUT2D eigenvalue weighted by Crippen LogP contribution is -2.16. The average molecular weight is 410 g/mol. The summed E-state index contributed by atoms with van der Waals surface area (Å²) in [7, 11) is 1.57. The minimum atomic E-state index is -0.549. The van der Waals surface area contributed by atoms with Crippen LogP contribution in [0.4, 0.5) is 5.00 Å². The van der Waals surface area contributed by atoms with Crippen LogP contribution in [0.5, 0.6) is 5.75 Å². The number of carbonyl (C=O) groups excluding carboxylic acids is 2. The van der Waals surface area contributed by atoms with Crippen LogP contribution < -0.4 is 10.1 Å². The fourth-order valence-electron chi connectivity index (χ4n) is 3.26. The maximum Gasteiger partial charge on any atom is 0.341 e. The molecule has 0 unspecified atom stereocenters. The van der Waals surface area contributed by atoms with Crippen molar-refractivity contribution in [3.8, 4) is 11.8 Å². The summed E-state index contributed by atoms with van der Waals surface area (Å²) in [6.07, 6.45) is 5.25. The number of methoxy groups -OCH3 is 1. The number of nitriles is 1. The molecule has 0 spiro atoms. The van der Waals surface area contributed by atoms with Crippen molar-refractivity contribution >= 4 is 34.3 Å². The number of aryl methyl sites for hydroxylation is 1. The van der Waals surface area contributed by atoms with Crippen molar-refractivity contribution in [3.63, 3.8) is 0 Å². The van der Waals surface area contributed by atoms with Gasteiger partial charge in [-0.1, -0.05) is 12.1 Å². The molecule has 0 aliphatic heterocycles. The highest BCUT2D eigenvalue weighted by molar-refractivity contribution is 7.17. The number of amides is 1. The SMILES string of the molecule is CCOC(=O)c1c(NC(=O)/C(C#N)=C\c2ccc(OC)cc2)sc2c1CCCC2. The fourth-order valence-corrected chi connectivity index (χ4v) is 4.53. The van der Waals surface area contributed by atoms with Crippen molar-refractivity contribution in [3.05, 3.63) is 51.4 Å². The molecular formula is C22H22N2O4S. The largest absolute Gasteiger partial charge is 0.497 e. The Morgan fingerprint density at radius 2 is 1.97 bits per heavy atom. The van der Waals surface area contributed by atoms with E-state index in [1.807, 2.05) is 6.07 Å². The van der Waals surface area contributed by atoms with Gasteiger partial charge in [-0.3, -0.25) is 4.79 Å². The van der Waals surface area contributed by atoms with E-state index in [0.717, 1.165) is 36.1 Å². The molecule has 1 heterocycles. The van der Waals surface area contributed by atoms with Gasteiger partial charge in [-0.15, -0.1) is 11.3 Å². The summed E-state index contributed by atoms with van der Waals surface area (Å²) in [5, 5.41) is 12.7. The molecular weight excluding hydrogens is 388 g/mol. The van der Waals surface area contributed by atoms with Gasteiger partial charge in [0.15, 0.2) is 0 Å². The molecule has 1 aliphatic rings. The Bertz CT molecular complexity index is 983. The molecule has 2 aromatic rings. The van der Waals surface area contributed by atoms with E-state index >= 15 is 0 Å². The number of nitrogens with one attached hydrogen (secondary N) is 1. The number of ether oxygens (including phenoxy) is 2. The Morgan fingerprint density at radius 1 is 1.24 bits per heavy atom. The molecule has 0 bridgehead atoms. The topological polar surface area (TPSA) is 88.4 Å². The number of carbonyl (C=O) groups is 2. The number of hydrogen-bond donors (Lipinski definition) is 1. The maximum atomic E-state index is 12.7. The highest BCUT2D eigenvalue weighted by Gasteiger charge is 2.27. The standard InChI is InChI=1S/C22H22N2O4S/c1-3-28-22(26)19-17-6-4-5-7-18(17)29-21(19)24-20(25)15(13-23)12-14-8-10-16(27-2)11-9-14/h8-12H,3-7H2,1-2H3,(H,24,25)/b15-12-. The average Bonchev–Trinajstić information content (AvgIpc) is 3.10. The van der Waals surface area contributed by atoms with Crippen molar-refractivity contribution in [2.45, 2.75) is 32.6 Å². The molecule has 150 valence electrons. The smallest absolute Gasteiger partial charge is 0.341 e. The van der Waals surface area contributed by atoms with Crippen LogP contribution in [0.25, 0.3) is 6.08 Å². The van der Waals surface area contributed by atoms with Gasteiger partial charge in [0, 0.05) is 4.88 Å². The van der Waals surface area contributed by atoms with Crippen molar-refractivity contribution in [2.75, 3.05) is 19.0 Å². The molecule has 1 aliphatic carbocycles. The lowest BCUT2D eigenvalue weighted by molar-refractivity contribution is -0.112. The van der Waals surface area contributed by atoms with Crippen molar-refractivity contribution < 1.29 is 19.1 Å². The highest BCUT2D eigenvalue weighted by Crippen LogP contribution is 2.38. The van der Waals surface area contributed by atoms with Gasteiger partial charge in [-0.25, -0.2) is 4.79 Å². The highest BCUT2D eigenvalue weighted by atomic mass is 32.1. The number of benzene rings is 1. The second-order valence-corrected chi connectivity index (χ2v) is 7.64. The van der Waals surface area contributed by atoms with Gasteiger partial charge < -0.3 is 14.8 Å². The first kappa shape index (κ1) is 20.6. The van der Waals surface area contributed by atoms with Crippen LogP contribution in [0.2, 0.25) is 0 Å². The first-order chi connectivity index (χ1) is 14.1. The predicted molar refractivity (Wildman–Crippen MR) is 112 cm³/mol. The van der Waals surface area contributed by atoms with Gasteiger partial charge in [0.05, 0.1) is 19.3 Å². The number of fused-ring (bicyclic) bond motifs is 1. The lowest BCUT2D eigenvalue weighted by Gasteiger charge is -2.12. The van der Waals surface area contributed by atoms with Gasteiger partial charge in [-0.2, -0.15) is 5.26 Å². The number of anilines is 1. The van der Waals surface area contributed by atoms with Gasteiger partial charge >= 0.3 is 5.97 Å². The summed E-state index contributed by atoms with van der Waals surface area (Å²) in [4.78, 5) is 26.4. The van der Waals surface area contributed by atoms with Crippen LogP contribution in [-0.2, 0) is 22.4 Å². The Labute approximate surface area is 173 Å². The Morgan fingerprint density at radius 3 is 2.62 bits per heavy atom. The number of nitrogens with zero attached hydrogens (tertiary/aromatic N) is 1. The van der Waals surface area contributed by atoms with E-state index in [1.165, 1.54) is 17.4 Å². The second kappa shape index (κ2) is 9.39. The van der Waals surface area contributed by atoms with Crippen molar-refractivity contribution in [1.82, 2.24) is 0 Å². The van der Waals surface area contributed by atoms with Gasteiger partial charge in [0.1, 0.15) is 22.4 Å². The third kappa shape index (κ3) is 4.66. The third-order valence-electron chi connectivity index (χ3n) is 4.67. The van der Waals surface area contributed by atoms with E-state index in [-0.39, 0.29) is 12.2 Å². The Balaban J connectivity index is 1.88. The predicted octanol–water partition coefficient (Wildman–Crippen LogP) is 4.36. The Kier molecular flexibility index (Phi) is 6.68. The quantitative estimate of drug-likeness (QED) is 0.434. The van der Waals surface area contributed by atoms with Crippen molar-refractivity contribution in [2.24, 2.45) is 0 Å². The number of rotatable bonds is 6. The van der Waals surface area contributed by atoms with E-state index in [2.05, 4.69) is 5.32 Å². The molecule has 1 aromatic heterocycles. The maximum absolute atomic E-state index is 12.7. The lowest BCUT2D eigenvalue weighted by atomic mass is 9.95. The third-order valence-corrected chi connectivity index (χ3v) is 5.88. The van der Waals surface area contributed by atoms with E-state index < -0.39 is 11.9 Å². The zero-order chi connectivity index (χ0) is 20.8. The first-order valence-electron chi connectivity index (χ1n) is 9.46. The molecule has 1 amide bonds. The van der Waals surface area contributed by atoms with Crippen molar-refractivity contribution in [1.29, 1.82) is 5.26 Å². The number of thiophene rings is 1. The van der Waals surface area contributed by atoms with Gasteiger partial charge in [-0.05, 0) is 61.9 Å². The summed E-state index contributed by atoms with van der Waals surface area (Å²) < 4.78 is 10.3. The summed E-state index contributed by atoms with van der Waals surface area (Å²) in [6, 6.07) is 8.97. The molecule has 1 N–H and O–H groups in total. The van der Waals surface area contributed by atoms with E-state index in [9.17, 15) is 14.9 Å². The van der Waals surface area contributed by atoms with E-state index in [0.29, 0.717) is 21.9 Å². The van der Waals surface area contributed by atoms with E-state index in [4.69, 9.17) is 9.47 Å². The normalized spacial score (nSPS) is 13.2. The van der Waals surface area contributed by atoms with Crippen LogP contribution in [0.15, 0.2) is 29.8 Å². The second-order valence-electron chi connectivity index (χ2n) is 6.53. The molecule has 0 saturated carbocycles. The molecule has 6 nitrogen and oxygen atoms in total. The molecule has 7 heteroatoms. The summed E-state index contributed by atoms with van der Waals surface area (Å²) in [5.41, 5.74) is 2.05. The fraction of sp³-hybridized carbons (Fsp3) is 0.318.